The van der Waals surface area contributed by atoms with Gasteiger partial charge in [-0.15, -0.1) is 0 Å². The highest BCUT2D eigenvalue weighted by molar-refractivity contribution is 5.89. The molecular weight excluding hydrogens is 289 g/mol. The number of rotatable bonds is 7. The molecule has 0 fully saturated rings. The topological polar surface area (TPSA) is 131 Å². The molecule has 2 amide bonds. The van der Waals surface area contributed by atoms with Crippen molar-refractivity contribution in [2.24, 2.45) is 0 Å². The van der Waals surface area contributed by atoms with E-state index in [1.54, 1.807) is 0 Å². The number of urea groups is 1. The third kappa shape index (κ3) is 5.82. The van der Waals surface area contributed by atoms with Crippen LogP contribution in [0.25, 0.3) is 0 Å². The Labute approximate surface area is 117 Å². The highest BCUT2D eigenvalue weighted by Gasteiger charge is 2.12. The van der Waals surface area contributed by atoms with Crippen molar-refractivity contribution in [3.05, 3.63) is 34.1 Å². The molecule has 3 N–H and O–H groups in total. The van der Waals surface area contributed by atoms with Crippen LogP contribution in [0.5, 0.6) is 0 Å². The van der Waals surface area contributed by atoms with Gasteiger partial charge in [0, 0.05) is 18.7 Å². The number of aliphatic carboxylic acids is 1. The molecule has 0 atom stereocenters. The number of nitrogens with zero attached hydrogens (tertiary/aromatic N) is 1. The van der Waals surface area contributed by atoms with Gasteiger partial charge in [0.1, 0.15) is 12.4 Å². The second-order valence-electron chi connectivity index (χ2n) is 3.75. The molecule has 10 heteroatoms. The number of nitrogens with one attached hydrogen (secondary N) is 2. The van der Waals surface area contributed by atoms with Crippen LogP contribution >= 0.6 is 0 Å². The van der Waals surface area contributed by atoms with Gasteiger partial charge < -0.3 is 20.5 Å². The number of carbonyl (C=O) groups excluding carboxylic acids is 1. The average molecular weight is 301 g/mol. The Kier molecular flexibility index (Phi) is 6.01. The molecule has 0 aliphatic heterocycles. The SMILES string of the molecule is O=C(O)COCCNC(=O)Nc1cc([N+](=O)[O-])ccc1F. The Hall–Kier alpha value is -2.75. The van der Waals surface area contributed by atoms with E-state index in [9.17, 15) is 24.1 Å². The predicted octanol–water partition coefficient (Wildman–Crippen LogP) is 0.957. The van der Waals surface area contributed by atoms with Crippen LogP contribution in [-0.4, -0.2) is 41.8 Å². The van der Waals surface area contributed by atoms with E-state index in [1.165, 1.54) is 0 Å². The minimum Gasteiger partial charge on any atom is -0.480 e. The number of nitro benzene ring substituents is 1. The Balaban J connectivity index is 2.45. The van der Waals surface area contributed by atoms with Crippen LogP contribution in [0.1, 0.15) is 0 Å². The molecule has 0 aliphatic rings. The first-order valence-corrected chi connectivity index (χ1v) is 5.68. The first-order chi connectivity index (χ1) is 9.90. The second-order valence-corrected chi connectivity index (χ2v) is 3.75. The van der Waals surface area contributed by atoms with Gasteiger partial charge in [0.15, 0.2) is 0 Å². The number of carbonyl (C=O) groups is 2. The summed E-state index contributed by atoms with van der Waals surface area (Å²) in [7, 11) is 0. The fourth-order valence-corrected chi connectivity index (χ4v) is 1.29. The molecule has 0 bridgehead atoms. The number of carboxylic acid groups (broad SMARTS) is 1. The molecule has 0 saturated heterocycles. The van der Waals surface area contributed by atoms with Crippen LogP contribution in [0, 0.1) is 15.9 Å². The predicted molar refractivity (Wildman–Crippen MR) is 68.5 cm³/mol. The van der Waals surface area contributed by atoms with E-state index in [0.29, 0.717) is 0 Å². The van der Waals surface area contributed by atoms with Crippen molar-refractivity contribution in [1.29, 1.82) is 0 Å². The largest absolute Gasteiger partial charge is 0.480 e. The molecule has 0 aliphatic carbocycles. The van der Waals surface area contributed by atoms with Crippen LogP contribution in [-0.2, 0) is 9.53 Å². The monoisotopic (exact) mass is 301 g/mol. The Morgan fingerprint density at radius 1 is 1.43 bits per heavy atom. The molecule has 9 nitrogen and oxygen atoms in total. The zero-order valence-corrected chi connectivity index (χ0v) is 10.7. The van der Waals surface area contributed by atoms with E-state index in [-0.39, 0.29) is 24.5 Å². The quantitative estimate of drug-likeness (QED) is 0.390. The number of ether oxygens (including phenoxy) is 1. The third-order valence-electron chi connectivity index (χ3n) is 2.17. The van der Waals surface area contributed by atoms with E-state index in [2.05, 4.69) is 15.4 Å². The summed E-state index contributed by atoms with van der Waals surface area (Å²) in [6, 6.07) is 1.92. The van der Waals surface area contributed by atoms with Crippen LogP contribution in [0.3, 0.4) is 0 Å². The Morgan fingerprint density at radius 3 is 2.76 bits per heavy atom. The Bertz CT molecular complexity index is 551. The van der Waals surface area contributed by atoms with E-state index in [4.69, 9.17) is 5.11 Å². The second kappa shape index (κ2) is 7.75. The highest BCUT2D eigenvalue weighted by atomic mass is 19.1. The molecule has 0 heterocycles. The summed E-state index contributed by atoms with van der Waals surface area (Å²) in [5, 5.41) is 23.2. The average Bonchev–Trinajstić information content (AvgIpc) is 2.40. The number of benzene rings is 1. The summed E-state index contributed by atoms with van der Waals surface area (Å²) in [4.78, 5) is 31.4. The molecule has 0 unspecified atom stereocenters. The van der Waals surface area contributed by atoms with Gasteiger partial charge in [0.2, 0.25) is 0 Å². The minimum atomic E-state index is -1.14. The summed E-state index contributed by atoms with van der Waals surface area (Å²) >= 11 is 0. The highest BCUT2D eigenvalue weighted by Crippen LogP contribution is 2.20. The number of nitro groups is 1. The summed E-state index contributed by atoms with van der Waals surface area (Å²) in [6.45, 7) is -0.546. The van der Waals surface area contributed by atoms with Gasteiger partial charge in [-0.3, -0.25) is 10.1 Å². The van der Waals surface area contributed by atoms with Gasteiger partial charge in [0.05, 0.1) is 17.2 Å². The number of carboxylic acids is 1. The fourth-order valence-electron chi connectivity index (χ4n) is 1.29. The van der Waals surface area contributed by atoms with Gasteiger partial charge >= 0.3 is 12.0 Å². The molecule has 1 rings (SSSR count). The summed E-state index contributed by atoms with van der Waals surface area (Å²) in [5.41, 5.74) is -0.704. The van der Waals surface area contributed by atoms with Crippen molar-refractivity contribution in [1.82, 2.24) is 5.32 Å². The van der Waals surface area contributed by atoms with Gasteiger partial charge in [0.25, 0.3) is 5.69 Å². The Morgan fingerprint density at radius 2 is 2.14 bits per heavy atom. The number of hydrogen-bond acceptors (Lipinski definition) is 5. The zero-order valence-electron chi connectivity index (χ0n) is 10.7. The van der Waals surface area contributed by atoms with E-state index in [0.717, 1.165) is 18.2 Å². The molecule has 0 aromatic heterocycles. The van der Waals surface area contributed by atoms with Crippen molar-refractivity contribution in [3.63, 3.8) is 0 Å². The van der Waals surface area contributed by atoms with Gasteiger partial charge in [-0.2, -0.15) is 0 Å². The van der Waals surface area contributed by atoms with E-state index < -0.39 is 29.3 Å². The van der Waals surface area contributed by atoms with Crippen LogP contribution < -0.4 is 10.6 Å². The minimum absolute atomic E-state index is 0.00431. The van der Waals surface area contributed by atoms with Crippen molar-refractivity contribution >= 4 is 23.4 Å². The van der Waals surface area contributed by atoms with Crippen molar-refractivity contribution in [2.75, 3.05) is 25.1 Å². The number of hydrogen-bond donors (Lipinski definition) is 3. The zero-order chi connectivity index (χ0) is 15.8. The summed E-state index contributed by atoms with van der Waals surface area (Å²) in [5.74, 6) is -1.96. The summed E-state index contributed by atoms with van der Waals surface area (Å²) in [6.07, 6.45) is 0. The molecular formula is C11H12FN3O6. The fraction of sp³-hybridized carbons (Fsp3) is 0.273. The van der Waals surface area contributed by atoms with E-state index >= 15 is 0 Å². The molecule has 21 heavy (non-hydrogen) atoms. The van der Waals surface area contributed by atoms with Gasteiger partial charge in [-0.25, -0.2) is 14.0 Å². The number of amides is 2. The maximum absolute atomic E-state index is 13.4. The summed E-state index contributed by atoms with van der Waals surface area (Å²) < 4.78 is 18.0. The molecule has 0 spiro atoms. The van der Waals surface area contributed by atoms with Crippen molar-refractivity contribution in [3.8, 4) is 0 Å². The molecule has 1 aromatic rings. The van der Waals surface area contributed by atoms with Gasteiger partial charge in [-0.05, 0) is 6.07 Å². The number of anilines is 1. The molecule has 114 valence electrons. The molecule has 0 radical (unpaired) electrons. The van der Waals surface area contributed by atoms with E-state index in [1.807, 2.05) is 0 Å². The van der Waals surface area contributed by atoms with Crippen LogP contribution in [0.2, 0.25) is 0 Å². The van der Waals surface area contributed by atoms with Gasteiger partial charge in [-0.1, -0.05) is 0 Å². The smallest absolute Gasteiger partial charge is 0.329 e. The van der Waals surface area contributed by atoms with Crippen LogP contribution in [0.15, 0.2) is 18.2 Å². The lowest BCUT2D eigenvalue weighted by Crippen LogP contribution is -2.32. The van der Waals surface area contributed by atoms with Crippen molar-refractivity contribution in [2.45, 2.75) is 0 Å². The lowest BCUT2D eigenvalue weighted by Gasteiger charge is -2.08. The lowest BCUT2D eigenvalue weighted by atomic mass is 10.2. The first-order valence-electron chi connectivity index (χ1n) is 5.68. The standard InChI is InChI=1S/C11H12FN3O6/c12-8-2-1-7(15(19)20)5-9(8)14-11(18)13-3-4-21-6-10(16)17/h1-2,5H,3-4,6H2,(H,16,17)(H2,13,14,18). The molecule has 0 saturated carbocycles. The maximum Gasteiger partial charge on any atom is 0.329 e. The number of halogens is 1. The van der Waals surface area contributed by atoms with Crippen molar-refractivity contribution < 1.29 is 28.7 Å². The third-order valence-corrected chi connectivity index (χ3v) is 2.17. The maximum atomic E-state index is 13.4. The lowest BCUT2D eigenvalue weighted by molar-refractivity contribution is -0.384. The normalized spacial score (nSPS) is 9.95. The van der Waals surface area contributed by atoms with Crippen LogP contribution in [0.4, 0.5) is 20.6 Å². The first kappa shape index (κ1) is 16.3. The molecule has 1 aromatic carbocycles. The number of non-ortho nitro benzene ring substituents is 1.